The lowest BCUT2D eigenvalue weighted by atomic mass is 9.96. The third kappa shape index (κ3) is 3.78. The van der Waals surface area contributed by atoms with Crippen molar-refractivity contribution in [2.75, 3.05) is 0 Å². The first-order valence-electron chi connectivity index (χ1n) is 5.77. The molecule has 0 spiro atoms. The zero-order valence-electron chi connectivity index (χ0n) is 10.3. The van der Waals surface area contributed by atoms with E-state index in [-0.39, 0.29) is 5.78 Å². The summed E-state index contributed by atoms with van der Waals surface area (Å²) < 4.78 is 0. The van der Waals surface area contributed by atoms with Crippen molar-refractivity contribution < 1.29 is 9.90 Å². The van der Waals surface area contributed by atoms with Crippen LogP contribution in [0.5, 0.6) is 0 Å². The Balaban J connectivity index is 2.69. The zero-order valence-corrected chi connectivity index (χ0v) is 10.3. The third-order valence-corrected chi connectivity index (χ3v) is 2.59. The van der Waals surface area contributed by atoms with Crippen LogP contribution in [0.25, 0.3) is 0 Å². The number of hydrogen-bond donors (Lipinski definition) is 1. The summed E-state index contributed by atoms with van der Waals surface area (Å²) in [5, 5.41) is 9.78. The van der Waals surface area contributed by atoms with Gasteiger partial charge in [0.1, 0.15) is 5.78 Å². The summed E-state index contributed by atoms with van der Waals surface area (Å²) in [6.45, 7) is 5.52. The van der Waals surface area contributed by atoms with Gasteiger partial charge in [-0.15, -0.1) is 0 Å². The highest BCUT2D eigenvalue weighted by atomic mass is 16.3. The Labute approximate surface area is 97.3 Å². The Hall–Kier alpha value is -1.15. The zero-order chi connectivity index (χ0) is 12.2. The van der Waals surface area contributed by atoms with Crippen molar-refractivity contribution in [3.63, 3.8) is 0 Å². The van der Waals surface area contributed by atoms with E-state index in [1.54, 1.807) is 13.8 Å². The highest BCUT2D eigenvalue weighted by Crippen LogP contribution is 2.19. The second-order valence-electron chi connectivity index (χ2n) is 4.72. The first-order valence-corrected chi connectivity index (χ1v) is 5.77. The van der Waals surface area contributed by atoms with E-state index in [9.17, 15) is 9.90 Å². The highest BCUT2D eigenvalue weighted by molar-refractivity contribution is 5.80. The molecule has 0 aliphatic heterocycles. The topological polar surface area (TPSA) is 37.3 Å². The second-order valence-corrected chi connectivity index (χ2v) is 4.72. The number of rotatable bonds is 5. The van der Waals surface area contributed by atoms with Crippen LogP contribution >= 0.6 is 0 Å². The first-order chi connectivity index (χ1) is 7.43. The standard InChI is InChI=1S/C14H20O2/c1-4-5-13(15)10-11-6-8-12(9-7-11)14(2,3)16/h6-9,16H,4-5,10H2,1-3H3. The number of carbonyl (C=O) groups is 1. The number of ketones is 1. The van der Waals surface area contributed by atoms with Crippen LogP contribution in [-0.4, -0.2) is 10.9 Å². The van der Waals surface area contributed by atoms with Crippen LogP contribution in [0.15, 0.2) is 24.3 Å². The average molecular weight is 220 g/mol. The van der Waals surface area contributed by atoms with Crippen molar-refractivity contribution >= 4 is 5.78 Å². The molecule has 0 radical (unpaired) electrons. The molecule has 0 aliphatic rings. The molecule has 1 aromatic rings. The van der Waals surface area contributed by atoms with Crippen LogP contribution in [0, 0.1) is 0 Å². The second kappa shape index (κ2) is 5.26. The molecule has 0 atom stereocenters. The van der Waals surface area contributed by atoms with Gasteiger partial charge in [-0.1, -0.05) is 31.2 Å². The highest BCUT2D eigenvalue weighted by Gasteiger charge is 2.15. The Morgan fingerprint density at radius 3 is 2.25 bits per heavy atom. The minimum atomic E-state index is -0.814. The summed E-state index contributed by atoms with van der Waals surface area (Å²) in [6, 6.07) is 7.60. The van der Waals surface area contributed by atoms with E-state index >= 15 is 0 Å². The van der Waals surface area contributed by atoms with Gasteiger partial charge in [0.2, 0.25) is 0 Å². The lowest BCUT2D eigenvalue weighted by Gasteiger charge is -2.17. The summed E-state index contributed by atoms with van der Waals surface area (Å²) in [4.78, 5) is 11.4. The lowest BCUT2D eigenvalue weighted by Crippen LogP contribution is -2.15. The Kier molecular flexibility index (Phi) is 4.25. The third-order valence-electron chi connectivity index (χ3n) is 2.59. The Bertz CT molecular complexity index is 344. The molecule has 2 nitrogen and oxygen atoms in total. The van der Waals surface area contributed by atoms with Crippen LogP contribution in [0.1, 0.15) is 44.7 Å². The van der Waals surface area contributed by atoms with Crippen LogP contribution in [0.4, 0.5) is 0 Å². The molecule has 1 aromatic carbocycles. The number of Topliss-reactive ketones (excluding diaryl/α,β-unsaturated/α-hetero) is 1. The molecular formula is C14H20O2. The SMILES string of the molecule is CCCC(=O)Cc1ccc(C(C)(C)O)cc1. The van der Waals surface area contributed by atoms with Crippen molar-refractivity contribution in [2.45, 2.75) is 45.6 Å². The van der Waals surface area contributed by atoms with Gasteiger partial charge in [-0.25, -0.2) is 0 Å². The lowest BCUT2D eigenvalue weighted by molar-refractivity contribution is -0.118. The summed E-state index contributed by atoms with van der Waals surface area (Å²) in [7, 11) is 0. The molecule has 0 amide bonds. The fourth-order valence-electron chi connectivity index (χ4n) is 1.63. The van der Waals surface area contributed by atoms with E-state index in [0.717, 1.165) is 17.5 Å². The van der Waals surface area contributed by atoms with Crippen molar-refractivity contribution in [3.05, 3.63) is 35.4 Å². The van der Waals surface area contributed by atoms with Crippen molar-refractivity contribution in [1.82, 2.24) is 0 Å². The average Bonchev–Trinajstić information content (AvgIpc) is 2.17. The van der Waals surface area contributed by atoms with E-state index in [0.29, 0.717) is 12.8 Å². The summed E-state index contributed by atoms with van der Waals surface area (Å²) >= 11 is 0. The molecule has 0 saturated heterocycles. The molecule has 1 rings (SSSR count). The molecule has 0 heterocycles. The van der Waals surface area contributed by atoms with E-state index in [1.807, 2.05) is 31.2 Å². The smallest absolute Gasteiger partial charge is 0.137 e. The minimum absolute atomic E-state index is 0.276. The molecule has 0 aromatic heterocycles. The van der Waals surface area contributed by atoms with Crippen LogP contribution in [0.2, 0.25) is 0 Å². The number of aliphatic hydroxyl groups is 1. The Morgan fingerprint density at radius 2 is 1.81 bits per heavy atom. The number of hydrogen-bond acceptors (Lipinski definition) is 2. The molecule has 0 unspecified atom stereocenters. The van der Waals surface area contributed by atoms with Crippen molar-refractivity contribution in [3.8, 4) is 0 Å². The van der Waals surface area contributed by atoms with E-state index in [2.05, 4.69) is 0 Å². The minimum Gasteiger partial charge on any atom is -0.386 e. The maximum Gasteiger partial charge on any atom is 0.137 e. The molecule has 0 saturated carbocycles. The van der Waals surface area contributed by atoms with Crippen LogP contribution in [0.3, 0.4) is 0 Å². The maximum atomic E-state index is 11.4. The normalized spacial score (nSPS) is 11.5. The molecule has 0 fully saturated rings. The summed E-state index contributed by atoms with van der Waals surface area (Å²) in [5.41, 5.74) is 1.08. The van der Waals surface area contributed by atoms with Crippen LogP contribution < -0.4 is 0 Å². The molecule has 2 heteroatoms. The van der Waals surface area contributed by atoms with Crippen molar-refractivity contribution in [1.29, 1.82) is 0 Å². The molecule has 0 bridgehead atoms. The van der Waals surface area contributed by atoms with Crippen molar-refractivity contribution in [2.24, 2.45) is 0 Å². The van der Waals surface area contributed by atoms with Gasteiger partial charge in [0, 0.05) is 12.8 Å². The van der Waals surface area contributed by atoms with Gasteiger partial charge in [-0.2, -0.15) is 0 Å². The van der Waals surface area contributed by atoms with Gasteiger partial charge in [-0.05, 0) is 31.4 Å². The molecular weight excluding hydrogens is 200 g/mol. The Morgan fingerprint density at radius 1 is 1.25 bits per heavy atom. The monoisotopic (exact) mass is 220 g/mol. The quantitative estimate of drug-likeness (QED) is 0.828. The predicted molar refractivity (Wildman–Crippen MR) is 65.3 cm³/mol. The van der Waals surface area contributed by atoms with Gasteiger partial charge in [0.15, 0.2) is 0 Å². The first kappa shape index (κ1) is 12.9. The molecule has 16 heavy (non-hydrogen) atoms. The molecule has 0 aliphatic carbocycles. The molecule has 1 N–H and O–H groups in total. The van der Waals surface area contributed by atoms with Gasteiger partial charge >= 0.3 is 0 Å². The fraction of sp³-hybridized carbons (Fsp3) is 0.500. The van der Waals surface area contributed by atoms with Gasteiger partial charge in [-0.3, -0.25) is 4.79 Å². The van der Waals surface area contributed by atoms with Crippen LogP contribution in [-0.2, 0) is 16.8 Å². The van der Waals surface area contributed by atoms with E-state index in [4.69, 9.17) is 0 Å². The van der Waals surface area contributed by atoms with Gasteiger partial charge < -0.3 is 5.11 Å². The molecule has 88 valence electrons. The van der Waals surface area contributed by atoms with E-state index in [1.165, 1.54) is 0 Å². The van der Waals surface area contributed by atoms with Gasteiger partial charge in [0.05, 0.1) is 5.60 Å². The largest absolute Gasteiger partial charge is 0.386 e. The summed E-state index contributed by atoms with van der Waals surface area (Å²) in [6.07, 6.45) is 2.05. The number of carbonyl (C=O) groups excluding carboxylic acids is 1. The van der Waals surface area contributed by atoms with Gasteiger partial charge in [0.25, 0.3) is 0 Å². The maximum absolute atomic E-state index is 11.4. The predicted octanol–water partition coefficient (Wildman–Crippen LogP) is 2.83. The van der Waals surface area contributed by atoms with E-state index < -0.39 is 5.60 Å². The summed E-state index contributed by atoms with van der Waals surface area (Å²) in [5.74, 6) is 0.276. The fourth-order valence-corrected chi connectivity index (χ4v) is 1.63. The number of benzene rings is 1.